The van der Waals surface area contributed by atoms with Crippen molar-refractivity contribution in [2.75, 3.05) is 11.9 Å². The van der Waals surface area contributed by atoms with E-state index in [1.807, 2.05) is 25.1 Å². The molecule has 3 aromatic rings. The maximum absolute atomic E-state index is 11.8. The smallest absolute Gasteiger partial charge is 0.282 e. The molecule has 0 atom stereocenters. The number of benzene rings is 1. The normalized spacial score (nSPS) is 11.0. The number of halogens is 1. The van der Waals surface area contributed by atoms with Gasteiger partial charge in [-0.15, -0.1) is 0 Å². The Morgan fingerprint density at radius 1 is 1.32 bits per heavy atom. The van der Waals surface area contributed by atoms with Crippen molar-refractivity contribution in [1.29, 1.82) is 0 Å². The SMILES string of the molecule is Cc1nc2ccccc2n1CCNc1cnn(C)c(=O)c1Br. The van der Waals surface area contributed by atoms with Crippen LogP contribution < -0.4 is 10.9 Å². The Kier molecular flexibility index (Phi) is 3.98. The summed E-state index contributed by atoms with van der Waals surface area (Å²) in [6.45, 7) is 3.43. The molecule has 0 fully saturated rings. The number of para-hydroxylation sites is 2. The molecule has 0 radical (unpaired) electrons. The summed E-state index contributed by atoms with van der Waals surface area (Å²) in [7, 11) is 1.62. The lowest BCUT2D eigenvalue weighted by atomic mass is 10.3. The minimum absolute atomic E-state index is 0.158. The lowest BCUT2D eigenvalue weighted by Crippen LogP contribution is -2.22. The number of aryl methyl sites for hydroxylation is 2. The number of fused-ring (bicyclic) bond motifs is 1. The molecule has 2 heterocycles. The highest BCUT2D eigenvalue weighted by Gasteiger charge is 2.08. The van der Waals surface area contributed by atoms with Gasteiger partial charge in [-0.2, -0.15) is 5.10 Å². The van der Waals surface area contributed by atoms with E-state index in [4.69, 9.17) is 0 Å². The Morgan fingerprint density at radius 2 is 2.09 bits per heavy atom. The van der Waals surface area contributed by atoms with E-state index in [0.29, 0.717) is 16.7 Å². The van der Waals surface area contributed by atoms with Crippen LogP contribution in [0.5, 0.6) is 0 Å². The number of nitrogens with zero attached hydrogens (tertiary/aromatic N) is 4. The second-order valence-electron chi connectivity index (χ2n) is 5.03. The van der Waals surface area contributed by atoms with Crippen molar-refractivity contribution >= 4 is 32.7 Å². The Labute approximate surface area is 135 Å². The first-order valence-electron chi connectivity index (χ1n) is 6.95. The molecule has 0 unspecified atom stereocenters. The van der Waals surface area contributed by atoms with E-state index in [9.17, 15) is 4.79 Å². The lowest BCUT2D eigenvalue weighted by Gasteiger charge is -2.10. The van der Waals surface area contributed by atoms with Gasteiger partial charge in [0.05, 0.1) is 22.9 Å². The fourth-order valence-corrected chi connectivity index (χ4v) is 2.91. The van der Waals surface area contributed by atoms with E-state index in [-0.39, 0.29) is 5.56 Å². The molecule has 1 aromatic carbocycles. The molecule has 0 saturated carbocycles. The number of rotatable bonds is 4. The minimum atomic E-state index is -0.158. The highest BCUT2D eigenvalue weighted by Crippen LogP contribution is 2.17. The van der Waals surface area contributed by atoms with Gasteiger partial charge in [-0.1, -0.05) is 12.1 Å². The standard InChI is InChI=1S/C15H16BrN5O/c1-10-19-11-5-3-4-6-13(11)21(10)8-7-17-12-9-18-20(2)15(22)14(12)16/h3-6,9,17H,7-8H2,1-2H3. The van der Waals surface area contributed by atoms with E-state index in [2.05, 4.69) is 42.0 Å². The molecule has 0 aliphatic rings. The topological polar surface area (TPSA) is 64.7 Å². The Hall–Kier alpha value is -2.15. The van der Waals surface area contributed by atoms with Crippen molar-refractivity contribution in [3.63, 3.8) is 0 Å². The van der Waals surface area contributed by atoms with Crippen LogP contribution in [0.2, 0.25) is 0 Å². The predicted molar refractivity (Wildman–Crippen MR) is 90.1 cm³/mol. The van der Waals surface area contributed by atoms with Crippen molar-refractivity contribution in [2.45, 2.75) is 13.5 Å². The first-order valence-corrected chi connectivity index (χ1v) is 7.75. The largest absolute Gasteiger partial charge is 0.381 e. The number of hydrogen-bond donors (Lipinski definition) is 1. The van der Waals surface area contributed by atoms with Crippen molar-refractivity contribution in [3.8, 4) is 0 Å². The third-order valence-electron chi connectivity index (χ3n) is 3.57. The van der Waals surface area contributed by atoms with E-state index < -0.39 is 0 Å². The second kappa shape index (κ2) is 5.92. The van der Waals surface area contributed by atoms with Gasteiger partial charge in [0.1, 0.15) is 10.3 Å². The Bertz CT molecular complexity index is 883. The minimum Gasteiger partial charge on any atom is -0.381 e. The Morgan fingerprint density at radius 3 is 2.91 bits per heavy atom. The molecule has 0 amide bonds. The first-order chi connectivity index (χ1) is 10.6. The highest BCUT2D eigenvalue weighted by molar-refractivity contribution is 9.10. The van der Waals surface area contributed by atoms with Crippen molar-refractivity contribution < 1.29 is 0 Å². The summed E-state index contributed by atoms with van der Waals surface area (Å²) < 4.78 is 3.95. The van der Waals surface area contributed by atoms with Gasteiger partial charge in [-0.3, -0.25) is 4.79 Å². The predicted octanol–water partition coefficient (Wildman–Crippen LogP) is 2.31. The zero-order valence-corrected chi connectivity index (χ0v) is 14.0. The first kappa shape index (κ1) is 14.8. The Balaban J connectivity index is 1.77. The summed E-state index contributed by atoms with van der Waals surface area (Å²) in [5, 5.41) is 7.26. The maximum Gasteiger partial charge on any atom is 0.282 e. The number of anilines is 1. The van der Waals surface area contributed by atoms with Crippen LogP contribution in [0.1, 0.15) is 5.82 Å². The molecule has 22 heavy (non-hydrogen) atoms. The van der Waals surface area contributed by atoms with E-state index in [1.54, 1.807) is 13.2 Å². The van der Waals surface area contributed by atoms with Crippen LogP contribution in [0.15, 0.2) is 39.7 Å². The molecular weight excluding hydrogens is 346 g/mol. The molecule has 114 valence electrons. The average molecular weight is 362 g/mol. The number of imidazole rings is 1. The molecule has 0 aliphatic heterocycles. The molecule has 7 heteroatoms. The molecule has 0 aliphatic carbocycles. The van der Waals surface area contributed by atoms with Crippen LogP contribution in [-0.4, -0.2) is 25.9 Å². The zero-order chi connectivity index (χ0) is 15.7. The van der Waals surface area contributed by atoms with Crippen LogP contribution in [0.3, 0.4) is 0 Å². The summed E-state index contributed by atoms with van der Waals surface area (Å²) in [5.74, 6) is 0.976. The van der Waals surface area contributed by atoms with E-state index in [0.717, 1.165) is 23.4 Å². The monoisotopic (exact) mass is 361 g/mol. The third-order valence-corrected chi connectivity index (χ3v) is 4.34. The van der Waals surface area contributed by atoms with Gasteiger partial charge in [0, 0.05) is 20.1 Å². The van der Waals surface area contributed by atoms with Gasteiger partial charge in [-0.25, -0.2) is 9.67 Å². The van der Waals surface area contributed by atoms with Crippen LogP contribution in [0.25, 0.3) is 11.0 Å². The van der Waals surface area contributed by atoms with Crippen LogP contribution in [0, 0.1) is 6.92 Å². The molecule has 0 bridgehead atoms. The van der Waals surface area contributed by atoms with Gasteiger partial charge < -0.3 is 9.88 Å². The number of aromatic nitrogens is 4. The number of nitrogens with one attached hydrogen (secondary N) is 1. The third kappa shape index (κ3) is 2.64. The summed E-state index contributed by atoms with van der Waals surface area (Å²) in [4.78, 5) is 16.4. The van der Waals surface area contributed by atoms with Crippen LogP contribution in [0.4, 0.5) is 5.69 Å². The summed E-state index contributed by atoms with van der Waals surface area (Å²) in [6.07, 6.45) is 1.64. The van der Waals surface area contributed by atoms with Crippen LogP contribution >= 0.6 is 15.9 Å². The van der Waals surface area contributed by atoms with Gasteiger partial charge in [0.15, 0.2) is 0 Å². The second-order valence-corrected chi connectivity index (χ2v) is 5.82. The van der Waals surface area contributed by atoms with Crippen LogP contribution in [-0.2, 0) is 13.6 Å². The molecule has 6 nitrogen and oxygen atoms in total. The molecule has 0 spiro atoms. The quantitative estimate of drug-likeness (QED) is 0.774. The highest BCUT2D eigenvalue weighted by atomic mass is 79.9. The van der Waals surface area contributed by atoms with Crippen molar-refractivity contribution in [1.82, 2.24) is 19.3 Å². The van der Waals surface area contributed by atoms with Gasteiger partial charge >= 0.3 is 0 Å². The van der Waals surface area contributed by atoms with Gasteiger partial charge in [-0.05, 0) is 35.0 Å². The fourth-order valence-electron chi connectivity index (χ4n) is 2.41. The maximum atomic E-state index is 11.8. The molecule has 1 N–H and O–H groups in total. The molecule has 2 aromatic heterocycles. The van der Waals surface area contributed by atoms with E-state index in [1.165, 1.54) is 4.68 Å². The molecule has 0 saturated heterocycles. The van der Waals surface area contributed by atoms with Crippen molar-refractivity contribution in [3.05, 3.63) is 51.1 Å². The van der Waals surface area contributed by atoms with Gasteiger partial charge in [0.2, 0.25) is 0 Å². The average Bonchev–Trinajstić information content (AvgIpc) is 2.83. The molecular formula is C15H16BrN5O. The fraction of sp³-hybridized carbons (Fsp3) is 0.267. The summed E-state index contributed by atoms with van der Waals surface area (Å²) >= 11 is 3.31. The summed E-state index contributed by atoms with van der Waals surface area (Å²) in [5.41, 5.74) is 2.65. The van der Waals surface area contributed by atoms with Gasteiger partial charge in [0.25, 0.3) is 5.56 Å². The van der Waals surface area contributed by atoms with Crippen molar-refractivity contribution in [2.24, 2.45) is 7.05 Å². The summed E-state index contributed by atoms with van der Waals surface area (Å²) in [6, 6.07) is 8.06. The lowest BCUT2D eigenvalue weighted by molar-refractivity contribution is 0.697. The number of hydrogen-bond acceptors (Lipinski definition) is 4. The molecule has 3 rings (SSSR count). The van der Waals surface area contributed by atoms with E-state index >= 15 is 0 Å². The zero-order valence-electron chi connectivity index (χ0n) is 12.4.